The van der Waals surface area contributed by atoms with Crippen LogP contribution >= 0.6 is 11.8 Å². The van der Waals surface area contributed by atoms with Crippen LogP contribution in [0.4, 0.5) is 5.69 Å². The van der Waals surface area contributed by atoms with Gasteiger partial charge in [0.1, 0.15) is 6.04 Å². The van der Waals surface area contributed by atoms with E-state index < -0.39 is 16.1 Å². The molecule has 1 saturated heterocycles. The van der Waals surface area contributed by atoms with Crippen molar-refractivity contribution < 1.29 is 13.2 Å². The summed E-state index contributed by atoms with van der Waals surface area (Å²) in [5.74, 6) is -0.295. The van der Waals surface area contributed by atoms with Crippen molar-refractivity contribution in [3.63, 3.8) is 0 Å². The van der Waals surface area contributed by atoms with Crippen molar-refractivity contribution >= 4 is 33.4 Å². The molecule has 1 N–H and O–H groups in total. The SMILES string of the molecule is Cc1cc(C)nc(Sc2ccc(NC(=O)C3CCCN3S(C)(=O)=O)cc2)n1. The van der Waals surface area contributed by atoms with E-state index in [9.17, 15) is 13.2 Å². The molecule has 9 heteroatoms. The van der Waals surface area contributed by atoms with Crippen molar-refractivity contribution in [1.29, 1.82) is 0 Å². The Labute approximate surface area is 163 Å². The molecule has 1 aliphatic heterocycles. The number of rotatable bonds is 5. The number of aromatic nitrogens is 2. The van der Waals surface area contributed by atoms with Gasteiger partial charge in [0.15, 0.2) is 5.16 Å². The lowest BCUT2D eigenvalue weighted by atomic mass is 10.2. The lowest BCUT2D eigenvalue weighted by Crippen LogP contribution is -2.42. The molecule has 2 heterocycles. The maximum Gasteiger partial charge on any atom is 0.242 e. The summed E-state index contributed by atoms with van der Waals surface area (Å²) in [6.45, 7) is 4.25. The minimum atomic E-state index is -3.38. The van der Waals surface area contributed by atoms with E-state index in [1.807, 2.05) is 32.0 Å². The molecule has 27 heavy (non-hydrogen) atoms. The molecule has 1 aliphatic rings. The van der Waals surface area contributed by atoms with Gasteiger partial charge in [-0.2, -0.15) is 4.31 Å². The maximum atomic E-state index is 12.5. The Kier molecular flexibility index (Phi) is 5.83. The second kappa shape index (κ2) is 7.95. The molecule has 7 nitrogen and oxygen atoms in total. The molecule has 0 aliphatic carbocycles. The Balaban J connectivity index is 1.66. The van der Waals surface area contributed by atoms with Crippen LogP contribution in [0, 0.1) is 13.8 Å². The number of nitrogens with one attached hydrogen (secondary N) is 1. The number of hydrogen-bond donors (Lipinski definition) is 1. The van der Waals surface area contributed by atoms with Crippen LogP contribution < -0.4 is 5.32 Å². The summed E-state index contributed by atoms with van der Waals surface area (Å²) in [4.78, 5) is 22.2. The van der Waals surface area contributed by atoms with Gasteiger partial charge in [-0.3, -0.25) is 4.79 Å². The molecule has 144 valence electrons. The molecule has 1 unspecified atom stereocenters. The highest BCUT2D eigenvalue weighted by Gasteiger charge is 2.36. The van der Waals surface area contributed by atoms with E-state index in [2.05, 4.69) is 15.3 Å². The van der Waals surface area contributed by atoms with E-state index in [-0.39, 0.29) is 5.91 Å². The second-order valence-corrected chi connectivity index (χ2v) is 9.56. The summed E-state index contributed by atoms with van der Waals surface area (Å²) in [6, 6.07) is 8.63. The molecule has 3 rings (SSSR count). The first kappa shape index (κ1) is 19.8. The van der Waals surface area contributed by atoms with Gasteiger partial charge in [-0.1, -0.05) is 0 Å². The van der Waals surface area contributed by atoms with E-state index in [1.165, 1.54) is 16.1 Å². The van der Waals surface area contributed by atoms with Crippen LogP contribution in [0.15, 0.2) is 40.4 Å². The van der Waals surface area contributed by atoms with Gasteiger partial charge in [0, 0.05) is 28.5 Å². The molecule has 1 amide bonds. The van der Waals surface area contributed by atoms with Gasteiger partial charge in [0.05, 0.1) is 6.26 Å². The number of carbonyl (C=O) groups is 1. The maximum absolute atomic E-state index is 12.5. The predicted octanol–water partition coefficient (Wildman–Crippen LogP) is 2.61. The van der Waals surface area contributed by atoms with E-state index >= 15 is 0 Å². The first-order valence-corrected chi connectivity index (χ1v) is 11.3. The van der Waals surface area contributed by atoms with E-state index in [0.717, 1.165) is 22.5 Å². The lowest BCUT2D eigenvalue weighted by Gasteiger charge is -2.21. The Morgan fingerprint density at radius 2 is 1.81 bits per heavy atom. The van der Waals surface area contributed by atoms with Crippen molar-refractivity contribution in [2.75, 3.05) is 18.1 Å². The summed E-state index contributed by atoms with van der Waals surface area (Å²) in [6.07, 6.45) is 2.37. The van der Waals surface area contributed by atoms with Crippen molar-refractivity contribution in [3.05, 3.63) is 41.7 Å². The number of benzene rings is 1. The van der Waals surface area contributed by atoms with Gasteiger partial charge >= 0.3 is 0 Å². The fourth-order valence-electron chi connectivity index (χ4n) is 3.08. The Hall–Kier alpha value is -1.97. The highest BCUT2D eigenvalue weighted by molar-refractivity contribution is 7.99. The summed E-state index contributed by atoms with van der Waals surface area (Å²) < 4.78 is 24.9. The molecule has 2 aromatic rings. The molecule has 1 atom stereocenters. The Morgan fingerprint density at radius 3 is 2.41 bits per heavy atom. The number of sulfonamides is 1. The number of nitrogens with zero attached hydrogens (tertiary/aromatic N) is 3. The number of amides is 1. The van der Waals surface area contributed by atoms with Gasteiger partial charge in [0.2, 0.25) is 15.9 Å². The number of anilines is 1. The minimum Gasteiger partial charge on any atom is -0.325 e. The first-order valence-electron chi connectivity index (χ1n) is 8.60. The summed E-state index contributed by atoms with van der Waals surface area (Å²) in [5.41, 5.74) is 2.47. The fraction of sp³-hybridized carbons (Fsp3) is 0.389. The van der Waals surface area contributed by atoms with Crippen LogP contribution in [0.5, 0.6) is 0 Å². The predicted molar refractivity (Wildman–Crippen MR) is 105 cm³/mol. The quantitative estimate of drug-likeness (QED) is 0.768. The van der Waals surface area contributed by atoms with Crippen molar-refractivity contribution in [2.45, 2.75) is 42.8 Å². The van der Waals surface area contributed by atoms with Crippen LogP contribution in [0.2, 0.25) is 0 Å². The van der Waals surface area contributed by atoms with Gasteiger partial charge in [-0.25, -0.2) is 18.4 Å². The molecule has 0 spiro atoms. The fourth-order valence-corrected chi connectivity index (χ4v) is 5.06. The third kappa shape index (κ3) is 5.06. The van der Waals surface area contributed by atoms with Crippen LogP contribution in [-0.2, 0) is 14.8 Å². The van der Waals surface area contributed by atoms with Gasteiger partial charge in [0.25, 0.3) is 0 Å². The largest absolute Gasteiger partial charge is 0.325 e. The lowest BCUT2D eigenvalue weighted by molar-refractivity contribution is -0.119. The van der Waals surface area contributed by atoms with Crippen LogP contribution in [0.3, 0.4) is 0 Å². The molecule has 0 radical (unpaired) electrons. The van der Waals surface area contributed by atoms with Crippen molar-refractivity contribution in [1.82, 2.24) is 14.3 Å². The second-order valence-electron chi connectivity index (χ2n) is 6.58. The van der Waals surface area contributed by atoms with Gasteiger partial charge in [-0.05, 0) is 68.8 Å². The summed E-state index contributed by atoms with van der Waals surface area (Å²) >= 11 is 1.45. The third-order valence-corrected chi connectivity index (χ3v) is 6.39. The molecule has 0 saturated carbocycles. The number of carbonyl (C=O) groups excluding carboxylic acids is 1. The monoisotopic (exact) mass is 406 g/mol. The number of aryl methyl sites for hydroxylation is 2. The zero-order chi connectivity index (χ0) is 19.6. The average molecular weight is 407 g/mol. The standard InChI is InChI=1S/C18H22N4O3S2/c1-12-11-13(2)20-18(19-12)26-15-8-6-14(7-9-15)21-17(23)16-5-4-10-22(16)27(3,24)25/h6-9,11,16H,4-5,10H2,1-3H3,(H,21,23). The summed E-state index contributed by atoms with van der Waals surface area (Å²) in [5, 5.41) is 3.49. The highest BCUT2D eigenvalue weighted by atomic mass is 32.2. The average Bonchev–Trinajstić information content (AvgIpc) is 3.06. The molecule has 1 aromatic carbocycles. The van der Waals surface area contributed by atoms with Crippen molar-refractivity contribution in [2.24, 2.45) is 0 Å². The third-order valence-electron chi connectivity index (χ3n) is 4.23. The normalized spacial score (nSPS) is 17.8. The van der Waals surface area contributed by atoms with Crippen LogP contribution in [0.1, 0.15) is 24.2 Å². The van der Waals surface area contributed by atoms with Crippen LogP contribution in [0.25, 0.3) is 0 Å². The Bertz CT molecular complexity index is 925. The molecule has 1 fully saturated rings. The zero-order valence-electron chi connectivity index (χ0n) is 15.5. The molecular formula is C18H22N4O3S2. The van der Waals surface area contributed by atoms with E-state index in [4.69, 9.17) is 0 Å². The molecule has 1 aromatic heterocycles. The van der Waals surface area contributed by atoms with E-state index in [1.54, 1.807) is 12.1 Å². The first-order chi connectivity index (χ1) is 12.7. The minimum absolute atomic E-state index is 0.295. The zero-order valence-corrected chi connectivity index (χ0v) is 17.1. The van der Waals surface area contributed by atoms with Crippen LogP contribution in [-0.4, -0.2) is 47.4 Å². The Morgan fingerprint density at radius 1 is 1.19 bits per heavy atom. The van der Waals surface area contributed by atoms with Crippen molar-refractivity contribution in [3.8, 4) is 0 Å². The summed E-state index contributed by atoms with van der Waals surface area (Å²) in [7, 11) is -3.38. The van der Waals surface area contributed by atoms with E-state index in [0.29, 0.717) is 30.2 Å². The molecular weight excluding hydrogens is 384 g/mol. The molecule has 0 bridgehead atoms. The topological polar surface area (TPSA) is 92.3 Å². The number of hydrogen-bond acceptors (Lipinski definition) is 6. The highest BCUT2D eigenvalue weighted by Crippen LogP contribution is 2.27. The van der Waals surface area contributed by atoms with Gasteiger partial charge < -0.3 is 5.32 Å². The smallest absolute Gasteiger partial charge is 0.242 e. The van der Waals surface area contributed by atoms with Gasteiger partial charge in [-0.15, -0.1) is 0 Å².